The third-order valence-corrected chi connectivity index (χ3v) is 3.45. The Morgan fingerprint density at radius 1 is 1.22 bits per heavy atom. The number of nitrogens with two attached hydrogens (primary N) is 1. The molecular weight excluding hydrogens is 290 g/mol. The Bertz CT molecular complexity index is 761. The van der Waals surface area contributed by atoms with Gasteiger partial charge in [0.25, 0.3) is 5.91 Å². The smallest absolute Gasteiger partial charge is 0.251 e. The van der Waals surface area contributed by atoms with E-state index in [1.807, 2.05) is 37.3 Å². The van der Waals surface area contributed by atoms with Crippen molar-refractivity contribution in [3.63, 3.8) is 0 Å². The summed E-state index contributed by atoms with van der Waals surface area (Å²) in [5.74, 6) is -0.987. The van der Waals surface area contributed by atoms with Gasteiger partial charge < -0.3 is 11.1 Å². The van der Waals surface area contributed by atoms with Crippen LogP contribution in [-0.2, 0) is 11.2 Å². The standard InChI is InChI=1S/C18H17N3O2/c1-12-3-2-4-14(9-12)10-16(17(20)22)21-18(23)15-7-5-13(11-19)6-8-15/h2-9,16H,10H2,1H3,(H2,20,22)(H,21,23)/t16-/m0/s1. The van der Waals surface area contributed by atoms with Gasteiger partial charge in [-0.1, -0.05) is 29.8 Å². The molecule has 2 rings (SSSR count). The van der Waals surface area contributed by atoms with Crippen molar-refractivity contribution in [3.8, 4) is 6.07 Å². The lowest BCUT2D eigenvalue weighted by Gasteiger charge is -2.16. The van der Waals surface area contributed by atoms with Crippen LogP contribution in [0.3, 0.4) is 0 Å². The molecule has 3 N–H and O–H groups in total. The lowest BCUT2D eigenvalue weighted by Crippen LogP contribution is -2.45. The Kier molecular flexibility index (Phi) is 5.11. The Labute approximate surface area is 134 Å². The zero-order chi connectivity index (χ0) is 16.8. The first-order chi connectivity index (χ1) is 11.0. The minimum Gasteiger partial charge on any atom is -0.368 e. The van der Waals surface area contributed by atoms with E-state index in [0.29, 0.717) is 17.5 Å². The fourth-order valence-corrected chi connectivity index (χ4v) is 2.24. The van der Waals surface area contributed by atoms with E-state index >= 15 is 0 Å². The predicted octanol–water partition coefficient (Wildman–Crippen LogP) is 1.69. The van der Waals surface area contributed by atoms with Gasteiger partial charge in [0.15, 0.2) is 0 Å². The number of nitriles is 1. The number of rotatable bonds is 5. The number of hydrogen-bond donors (Lipinski definition) is 2. The molecule has 0 radical (unpaired) electrons. The van der Waals surface area contributed by atoms with E-state index in [1.165, 1.54) is 0 Å². The van der Waals surface area contributed by atoms with Crippen molar-refractivity contribution in [3.05, 3.63) is 70.8 Å². The molecule has 0 fully saturated rings. The van der Waals surface area contributed by atoms with E-state index in [2.05, 4.69) is 5.32 Å². The number of primary amides is 1. The molecule has 2 amide bonds. The molecule has 0 spiro atoms. The van der Waals surface area contributed by atoms with E-state index in [9.17, 15) is 9.59 Å². The largest absolute Gasteiger partial charge is 0.368 e. The zero-order valence-corrected chi connectivity index (χ0v) is 12.7. The van der Waals surface area contributed by atoms with Crippen LogP contribution in [-0.4, -0.2) is 17.9 Å². The first-order valence-corrected chi connectivity index (χ1v) is 7.15. The molecule has 0 saturated carbocycles. The van der Waals surface area contributed by atoms with Gasteiger partial charge in [0.1, 0.15) is 6.04 Å². The molecule has 0 aromatic heterocycles. The quantitative estimate of drug-likeness (QED) is 0.879. The van der Waals surface area contributed by atoms with Crippen LogP contribution in [0, 0.1) is 18.3 Å². The second-order valence-corrected chi connectivity index (χ2v) is 5.31. The summed E-state index contributed by atoms with van der Waals surface area (Å²) in [7, 11) is 0. The van der Waals surface area contributed by atoms with Gasteiger partial charge in [0.2, 0.25) is 5.91 Å². The SMILES string of the molecule is Cc1cccc(C[C@H](NC(=O)c2ccc(C#N)cc2)C(N)=O)c1. The van der Waals surface area contributed by atoms with Crippen molar-refractivity contribution in [1.82, 2.24) is 5.32 Å². The summed E-state index contributed by atoms with van der Waals surface area (Å²) in [5.41, 5.74) is 8.24. The molecular formula is C18H17N3O2. The van der Waals surface area contributed by atoms with Crippen molar-refractivity contribution >= 4 is 11.8 Å². The third kappa shape index (κ3) is 4.42. The highest BCUT2D eigenvalue weighted by Gasteiger charge is 2.19. The topological polar surface area (TPSA) is 96.0 Å². The first kappa shape index (κ1) is 16.2. The lowest BCUT2D eigenvalue weighted by atomic mass is 10.0. The molecule has 0 unspecified atom stereocenters. The first-order valence-electron chi connectivity index (χ1n) is 7.15. The Hall–Kier alpha value is -3.13. The summed E-state index contributed by atoms with van der Waals surface area (Å²) >= 11 is 0. The van der Waals surface area contributed by atoms with Gasteiger partial charge in [0, 0.05) is 12.0 Å². The van der Waals surface area contributed by atoms with E-state index < -0.39 is 17.9 Å². The average molecular weight is 307 g/mol. The maximum atomic E-state index is 12.2. The summed E-state index contributed by atoms with van der Waals surface area (Å²) in [6.45, 7) is 1.96. The summed E-state index contributed by atoms with van der Waals surface area (Å²) in [4.78, 5) is 23.8. The number of nitrogens with one attached hydrogen (secondary N) is 1. The number of aryl methyl sites for hydroxylation is 1. The molecule has 5 nitrogen and oxygen atoms in total. The van der Waals surface area contributed by atoms with E-state index in [1.54, 1.807) is 24.3 Å². The fraction of sp³-hybridized carbons (Fsp3) is 0.167. The average Bonchev–Trinajstić information content (AvgIpc) is 2.54. The van der Waals surface area contributed by atoms with Crippen LogP contribution >= 0.6 is 0 Å². The molecule has 2 aromatic carbocycles. The second kappa shape index (κ2) is 7.23. The molecule has 0 bridgehead atoms. The number of nitrogens with zero attached hydrogens (tertiary/aromatic N) is 1. The molecule has 116 valence electrons. The second-order valence-electron chi connectivity index (χ2n) is 5.31. The van der Waals surface area contributed by atoms with Crippen LogP contribution in [0.15, 0.2) is 48.5 Å². The van der Waals surface area contributed by atoms with Gasteiger partial charge in [-0.25, -0.2) is 0 Å². The van der Waals surface area contributed by atoms with Gasteiger partial charge in [0.05, 0.1) is 11.6 Å². The molecule has 5 heteroatoms. The lowest BCUT2D eigenvalue weighted by molar-refractivity contribution is -0.119. The van der Waals surface area contributed by atoms with Crippen molar-refractivity contribution in [2.75, 3.05) is 0 Å². The molecule has 0 aliphatic rings. The summed E-state index contributed by atoms with van der Waals surface area (Å²) in [6.07, 6.45) is 0.332. The Morgan fingerprint density at radius 3 is 2.48 bits per heavy atom. The zero-order valence-electron chi connectivity index (χ0n) is 12.7. The molecule has 23 heavy (non-hydrogen) atoms. The maximum absolute atomic E-state index is 12.2. The number of benzene rings is 2. The van der Waals surface area contributed by atoms with Gasteiger partial charge >= 0.3 is 0 Å². The number of carbonyl (C=O) groups excluding carboxylic acids is 2. The molecule has 0 heterocycles. The van der Waals surface area contributed by atoms with Crippen LogP contribution in [0.4, 0.5) is 0 Å². The summed E-state index contributed by atoms with van der Waals surface area (Å²) in [6, 6.07) is 15.1. The Morgan fingerprint density at radius 2 is 1.91 bits per heavy atom. The highest BCUT2D eigenvalue weighted by molar-refractivity contribution is 5.97. The van der Waals surface area contributed by atoms with Crippen LogP contribution < -0.4 is 11.1 Å². The van der Waals surface area contributed by atoms with Crippen LogP contribution in [0.1, 0.15) is 27.0 Å². The minimum absolute atomic E-state index is 0.332. The van der Waals surface area contributed by atoms with Crippen LogP contribution in [0.2, 0.25) is 0 Å². The minimum atomic E-state index is -0.792. The summed E-state index contributed by atoms with van der Waals surface area (Å²) < 4.78 is 0. The number of hydrogen-bond acceptors (Lipinski definition) is 3. The Balaban J connectivity index is 2.11. The third-order valence-electron chi connectivity index (χ3n) is 3.45. The number of carbonyl (C=O) groups is 2. The van der Waals surface area contributed by atoms with Gasteiger partial charge in [-0.15, -0.1) is 0 Å². The van der Waals surface area contributed by atoms with Crippen LogP contribution in [0.25, 0.3) is 0 Å². The maximum Gasteiger partial charge on any atom is 0.251 e. The van der Waals surface area contributed by atoms with E-state index in [-0.39, 0.29) is 0 Å². The van der Waals surface area contributed by atoms with Crippen LogP contribution in [0.5, 0.6) is 0 Å². The monoisotopic (exact) mass is 307 g/mol. The van der Waals surface area contributed by atoms with Crippen molar-refractivity contribution in [2.45, 2.75) is 19.4 Å². The normalized spacial score (nSPS) is 11.3. The van der Waals surface area contributed by atoms with E-state index in [0.717, 1.165) is 11.1 Å². The molecule has 1 atom stereocenters. The van der Waals surface area contributed by atoms with Crippen molar-refractivity contribution in [1.29, 1.82) is 5.26 Å². The highest BCUT2D eigenvalue weighted by Crippen LogP contribution is 2.08. The molecule has 2 aromatic rings. The van der Waals surface area contributed by atoms with Gasteiger partial charge in [-0.05, 0) is 36.8 Å². The number of amides is 2. The fourth-order valence-electron chi connectivity index (χ4n) is 2.24. The van der Waals surface area contributed by atoms with Gasteiger partial charge in [-0.3, -0.25) is 9.59 Å². The summed E-state index contributed by atoms with van der Waals surface area (Å²) in [5, 5.41) is 11.4. The molecule has 0 aliphatic heterocycles. The van der Waals surface area contributed by atoms with Gasteiger partial charge in [-0.2, -0.15) is 5.26 Å². The highest BCUT2D eigenvalue weighted by atomic mass is 16.2. The predicted molar refractivity (Wildman–Crippen MR) is 86.5 cm³/mol. The van der Waals surface area contributed by atoms with Crippen molar-refractivity contribution < 1.29 is 9.59 Å². The molecule has 0 aliphatic carbocycles. The van der Waals surface area contributed by atoms with Crippen molar-refractivity contribution in [2.24, 2.45) is 5.73 Å². The molecule has 0 saturated heterocycles. The van der Waals surface area contributed by atoms with E-state index in [4.69, 9.17) is 11.0 Å².